The number of aromatic hydroxyl groups is 1. The Labute approximate surface area is 96.6 Å². The van der Waals surface area contributed by atoms with Crippen molar-refractivity contribution in [3.63, 3.8) is 0 Å². The van der Waals surface area contributed by atoms with Crippen LogP contribution >= 0.6 is 15.9 Å². The number of benzene rings is 1. The second kappa shape index (κ2) is 3.85. The summed E-state index contributed by atoms with van der Waals surface area (Å²) in [5.74, 6) is -0.00538. The molecule has 1 aliphatic rings. The highest BCUT2D eigenvalue weighted by molar-refractivity contribution is 9.09. The van der Waals surface area contributed by atoms with Gasteiger partial charge in [0.25, 0.3) is 5.91 Å². The third-order valence-electron chi connectivity index (χ3n) is 2.60. The third-order valence-corrected chi connectivity index (χ3v) is 3.67. The summed E-state index contributed by atoms with van der Waals surface area (Å²) in [5.41, 5.74) is 0.449. The van der Waals surface area contributed by atoms with Crippen LogP contribution in [0.15, 0.2) is 24.3 Å². The number of hydrogen-bond acceptors (Lipinski definition) is 2. The summed E-state index contributed by atoms with van der Waals surface area (Å²) >= 11 is 3.38. The van der Waals surface area contributed by atoms with Gasteiger partial charge in [-0.25, -0.2) is 0 Å². The van der Waals surface area contributed by atoms with Gasteiger partial charge in [0, 0.05) is 10.9 Å². The number of amides is 1. The first-order valence-corrected chi connectivity index (χ1v) is 5.95. The van der Waals surface area contributed by atoms with Gasteiger partial charge in [-0.2, -0.15) is 0 Å². The Balaban J connectivity index is 2.08. The number of alkyl halides is 1. The highest BCUT2D eigenvalue weighted by Gasteiger charge is 2.42. The average molecular weight is 270 g/mol. The van der Waals surface area contributed by atoms with Crippen molar-refractivity contribution in [3.05, 3.63) is 29.8 Å². The molecule has 1 fully saturated rings. The van der Waals surface area contributed by atoms with Gasteiger partial charge in [-0.1, -0.05) is 22.0 Å². The highest BCUT2D eigenvalue weighted by Crippen LogP contribution is 2.37. The Morgan fingerprint density at radius 1 is 1.53 bits per heavy atom. The standard InChI is InChI=1S/C11H12BrNO2/c12-7-11(4-5-11)13-10(15)8-2-1-3-9(14)6-8/h1-3,6,14H,4-5,7H2,(H,13,15). The van der Waals surface area contributed by atoms with Crippen LogP contribution in [0.5, 0.6) is 5.75 Å². The molecule has 1 aromatic rings. The van der Waals surface area contributed by atoms with E-state index in [0.29, 0.717) is 5.56 Å². The van der Waals surface area contributed by atoms with Gasteiger partial charge in [-0.15, -0.1) is 0 Å². The minimum atomic E-state index is -0.122. The van der Waals surface area contributed by atoms with Crippen LogP contribution in [0, 0.1) is 0 Å². The molecular weight excluding hydrogens is 258 g/mol. The monoisotopic (exact) mass is 269 g/mol. The molecule has 0 aromatic heterocycles. The zero-order valence-corrected chi connectivity index (χ0v) is 9.75. The molecule has 0 atom stereocenters. The van der Waals surface area contributed by atoms with Gasteiger partial charge in [0.15, 0.2) is 0 Å². The predicted molar refractivity (Wildman–Crippen MR) is 61.3 cm³/mol. The first kappa shape index (κ1) is 10.5. The maximum absolute atomic E-state index is 11.8. The molecule has 80 valence electrons. The van der Waals surface area contributed by atoms with E-state index in [1.165, 1.54) is 6.07 Å². The van der Waals surface area contributed by atoms with E-state index in [2.05, 4.69) is 21.2 Å². The number of nitrogens with one attached hydrogen (secondary N) is 1. The molecule has 0 spiro atoms. The molecule has 0 unspecified atom stereocenters. The van der Waals surface area contributed by atoms with E-state index in [1.807, 2.05) is 0 Å². The Kier molecular flexibility index (Phi) is 2.69. The SMILES string of the molecule is O=C(NC1(CBr)CC1)c1cccc(O)c1. The van der Waals surface area contributed by atoms with E-state index in [9.17, 15) is 9.90 Å². The molecule has 0 radical (unpaired) electrons. The van der Waals surface area contributed by atoms with Crippen LogP contribution in [0.2, 0.25) is 0 Å². The Hall–Kier alpha value is -1.03. The van der Waals surface area contributed by atoms with Crippen LogP contribution < -0.4 is 5.32 Å². The maximum atomic E-state index is 11.8. The van der Waals surface area contributed by atoms with E-state index in [-0.39, 0.29) is 17.2 Å². The molecule has 1 amide bonds. The average Bonchev–Trinajstić information content (AvgIpc) is 2.98. The molecule has 2 rings (SSSR count). The summed E-state index contributed by atoms with van der Waals surface area (Å²) in [5, 5.41) is 13.0. The number of phenols is 1. The summed E-state index contributed by atoms with van der Waals surface area (Å²) < 4.78 is 0. The molecule has 4 heteroatoms. The van der Waals surface area contributed by atoms with Gasteiger partial charge < -0.3 is 10.4 Å². The van der Waals surface area contributed by atoms with E-state index >= 15 is 0 Å². The van der Waals surface area contributed by atoms with Crippen molar-refractivity contribution in [2.75, 3.05) is 5.33 Å². The lowest BCUT2D eigenvalue weighted by Gasteiger charge is -2.14. The summed E-state index contributed by atoms with van der Waals surface area (Å²) in [6.07, 6.45) is 2.03. The molecule has 2 N–H and O–H groups in total. The van der Waals surface area contributed by atoms with Crippen LogP contribution in [0.25, 0.3) is 0 Å². The Morgan fingerprint density at radius 2 is 2.27 bits per heavy atom. The number of halogens is 1. The van der Waals surface area contributed by atoms with Crippen LogP contribution in [0.1, 0.15) is 23.2 Å². The zero-order valence-electron chi connectivity index (χ0n) is 8.16. The van der Waals surface area contributed by atoms with E-state index < -0.39 is 0 Å². The predicted octanol–water partition coefficient (Wildman–Crippen LogP) is 2.05. The maximum Gasteiger partial charge on any atom is 0.251 e. The lowest BCUT2D eigenvalue weighted by atomic mass is 10.2. The van der Waals surface area contributed by atoms with Crippen LogP contribution in [-0.2, 0) is 0 Å². The van der Waals surface area contributed by atoms with Crippen molar-refractivity contribution in [1.29, 1.82) is 0 Å². The summed E-state index contributed by atoms with van der Waals surface area (Å²) in [6, 6.07) is 6.38. The number of carbonyl (C=O) groups is 1. The van der Waals surface area contributed by atoms with Gasteiger partial charge in [0.1, 0.15) is 5.75 Å². The highest BCUT2D eigenvalue weighted by atomic mass is 79.9. The van der Waals surface area contributed by atoms with Crippen molar-refractivity contribution in [1.82, 2.24) is 5.32 Å². The topological polar surface area (TPSA) is 49.3 Å². The van der Waals surface area contributed by atoms with Gasteiger partial charge in [-0.05, 0) is 31.0 Å². The quantitative estimate of drug-likeness (QED) is 0.826. The molecule has 0 heterocycles. The van der Waals surface area contributed by atoms with Crippen molar-refractivity contribution in [2.24, 2.45) is 0 Å². The van der Waals surface area contributed by atoms with E-state index in [1.54, 1.807) is 18.2 Å². The molecule has 15 heavy (non-hydrogen) atoms. The number of carbonyl (C=O) groups excluding carboxylic acids is 1. The van der Waals surface area contributed by atoms with Gasteiger partial charge in [-0.3, -0.25) is 4.79 Å². The normalized spacial score (nSPS) is 17.1. The van der Waals surface area contributed by atoms with Crippen molar-refractivity contribution in [2.45, 2.75) is 18.4 Å². The minimum absolute atomic E-state index is 0.0530. The summed E-state index contributed by atoms with van der Waals surface area (Å²) in [6.45, 7) is 0. The first-order valence-electron chi connectivity index (χ1n) is 4.83. The summed E-state index contributed by atoms with van der Waals surface area (Å²) in [4.78, 5) is 11.8. The van der Waals surface area contributed by atoms with Gasteiger partial charge in [0.05, 0.1) is 5.54 Å². The fraction of sp³-hybridized carbons (Fsp3) is 0.364. The number of phenolic OH excluding ortho intramolecular Hbond substituents is 1. The molecule has 1 saturated carbocycles. The summed E-state index contributed by atoms with van der Waals surface area (Å²) in [7, 11) is 0. The third kappa shape index (κ3) is 2.31. The molecular formula is C11H12BrNO2. The lowest BCUT2D eigenvalue weighted by Crippen LogP contribution is -2.38. The zero-order chi connectivity index (χ0) is 10.9. The molecule has 0 aliphatic heterocycles. The Morgan fingerprint density at radius 3 is 2.80 bits per heavy atom. The van der Waals surface area contributed by atoms with E-state index in [4.69, 9.17) is 0 Å². The van der Waals surface area contributed by atoms with Crippen LogP contribution in [-0.4, -0.2) is 21.9 Å². The van der Waals surface area contributed by atoms with Crippen molar-refractivity contribution in [3.8, 4) is 5.75 Å². The lowest BCUT2D eigenvalue weighted by molar-refractivity contribution is 0.0936. The van der Waals surface area contributed by atoms with Crippen molar-refractivity contribution < 1.29 is 9.90 Å². The molecule has 3 nitrogen and oxygen atoms in total. The van der Waals surface area contributed by atoms with Crippen LogP contribution in [0.3, 0.4) is 0 Å². The fourth-order valence-corrected chi connectivity index (χ4v) is 2.10. The number of hydrogen-bond donors (Lipinski definition) is 2. The Bertz CT molecular complexity index is 388. The van der Waals surface area contributed by atoms with E-state index in [0.717, 1.165) is 18.2 Å². The van der Waals surface area contributed by atoms with Gasteiger partial charge >= 0.3 is 0 Å². The second-order valence-electron chi connectivity index (χ2n) is 3.92. The van der Waals surface area contributed by atoms with Crippen molar-refractivity contribution >= 4 is 21.8 Å². The molecule has 1 aliphatic carbocycles. The molecule has 0 bridgehead atoms. The largest absolute Gasteiger partial charge is 0.508 e. The second-order valence-corrected chi connectivity index (χ2v) is 4.48. The number of rotatable bonds is 3. The van der Waals surface area contributed by atoms with Crippen LogP contribution in [0.4, 0.5) is 0 Å². The smallest absolute Gasteiger partial charge is 0.251 e. The first-order chi connectivity index (χ1) is 7.15. The molecule has 1 aromatic carbocycles. The fourth-order valence-electron chi connectivity index (χ4n) is 1.40. The minimum Gasteiger partial charge on any atom is -0.508 e. The van der Waals surface area contributed by atoms with Gasteiger partial charge in [0.2, 0.25) is 0 Å². The molecule has 0 saturated heterocycles.